The average Bonchev–Trinajstić information content (AvgIpc) is 3.19. The highest BCUT2D eigenvalue weighted by atomic mass is 16.5. The fourth-order valence-electron chi connectivity index (χ4n) is 3.95. The average molecular weight is 426 g/mol. The van der Waals surface area contributed by atoms with Crippen molar-refractivity contribution in [2.24, 2.45) is 0 Å². The van der Waals surface area contributed by atoms with Crippen molar-refractivity contribution in [1.29, 1.82) is 0 Å². The number of ether oxygens (including phenoxy) is 6. The molecular formula is C23H22O8. The molecule has 0 bridgehead atoms. The Balaban J connectivity index is 2.17. The maximum atomic E-state index is 12.7. The van der Waals surface area contributed by atoms with E-state index in [2.05, 4.69) is 0 Å². The number of rotatable bonds is 6. The lowest BCUT2D eigenvalue weighted by atomic mass is 9.89. The normalized spacial score (nSPS) is 12.4. The van der Waals surface area contributed by atoms with Crippen LogP contribution in [0.25, 0.3) is 21.9 Å². The molecule has 31 heavy (non-hydrogen) atoms. The van der Waals surface area contributed by atoms with Crippen LogP contribution in [0.1, 0.15) is 15.9 Å². The van der Waals surface area contributed by atoms with Crippen LogP contribution < -0.4 is 23.7 Å². The molecule has 0 atom stereocenters. The molecule has 0 amide bonds. The molecule has 1 N–H and O–H groups in total. The summed E-state index contributed by atoms with van der Waals surface area (Å²) in [5, 5.41) is 12.0. The van der Waals surface area contributed by atoms with Crippen LogP contribution in [0.2, 0.25) is 0 Å². The van der Waals surface area contributed by atoms with Crippen LogP contribution in [0.4, 0.5) is 0 Å². The van der Waals surface area contributed by atoms with Gasteiger partial charge in [0.2, 0.25) is 5.75 Å². The molecule has 3 aromatic carbocycles. The first-order valence-corrected chi connectivity index (χ1v) is 9.40. The minimum absolute atomic E-state index is 0.0261. The molecule has 1 heterocycles. The Kier molecular flexibility index (Phi) is 5.14. The van der Waals surface area contributed by atoms with Crippen molar-refractivity contribution in [3.8, 4) is 45.6 Å². The zero-order valence-corrected chi connectivity index (χ0v) is 17.8. The van der Waals surface area contributed by atoms with Crippen molar-refractivity contribution in [2.45, 2.75) is 6.61 Å². The number of carbonyl (C=O) groups is 1. The molecule has 0 spiro atoms. The summed E-state index contributed by atoms with van der Waals surface area (Å²) in [5.74, 6) is 1.63. The largest absolute Gasteiger partial charge is 0.507 e. The van der Waals surface area contributed by atoms with Crippen LogP contribution in [0.3, 0.4) is 0 Å². The van der Waals surface area contributed by atoms with E-state index in [1.807, 2.05) is 0 Å². The van der Waals surface area contributed by atoms with E-state index in [1.165, 1.54) is 35.5 Å². The second-order valence-corrected chi connectivity index (χ2v) is 6.82. The number of fused-ring (bicyclic) bond motifs is 2. The number of carbonyl (C=O) groups excluding carboxylic acids is 1. The quantitative estimate of drug-likeness (QED) is 0.593. The number of methoxy groups -OCH3 is 5. The van der Waals surface area contributed by atoms with Crippen LogP contribution in [0, 0.1) is 0 Å². The summed E-state index contributed by atoms with van der Waals surface area (Å²) in [6.45, 7) is -0.0261. The summed E-state index contributed by atoms with van der Waals surface area (Å²) in [4.78, 5) is 12.7. The molecule has 0 aromatic heterocycles. The number of cyclic esters (lactones) is 1. The third-order valence-corrected chi connectivity index (χ3v) is 5.39. The van der Waals surface area contributed by atoms with Gasteiger partial charge in [0, 0.05) is 16.5 Å². The minimum atomic E-state index is -0.522. The second-order valence-electron chi connectivity index (χ2n) is 6.82. The zero-order valence-electron chi connectivity index (χ0n) is 17.8. The maximum absolute atomic E-state index is 12.7. The van der Waals surface area contributed by atoms with Crippen molar-refractivity contribution in [3.05, 3.63) is 35.4 Å². The van der Waals surface area contributed by atoms with E-state index in [0.29, 0.717) is 56.2 Å². The number of benzene rings is 3. The first kappa shape index (κ1) is 20.5. The molecule has 1 aliphatic heterocycles. The monoisotopic (exact) mass is 426 g/mol. The third-order valence-electron chi connectivity index (χ3n) is 5.39. The minimum Gasteiger partial charge on any atom is -0.507 e. The van der Waals surface area contributed by atoms with E-state index in [4.69, 9.17) is 28.4 Å². The van der Waals surface area contributed by atoms with Crippen molar-refractivity contribution in [3.63, 3.8) is 0 Å². The number of phenolic OH excluding ortho intramolecular Hbond substituents is 1. The Morgan fingerprint density at radius 1 is 0.742 bits per heavy atom. The smallest absolute Gasteiger partial charge is 0.339 e. The Morgan fingerprint density at radius 2 is 1.29 bits per heavy atom. The van der Waals surface area contributed by atoms with Crippen molar-refractivity contribution in [1.82, 2.24) is 0 Å². The van der Waals surface area contributed by atoms with Gasteiger partial charge in [-0.25, -0.2) is 4.79 Å². The van der Waals surface area contributed by atoms with Gasteiger partial charge >= 0.3 is 5.97 Å². The lowest BCUT2D eigenvalue weighted by Crippen LogP contribution is -2.02. The molecule has 4 rings (SSSR count). The Morgan fingerprint density at radius 3 is 1.81 bits per heavy atom. The van der Waals surface area contributed by atoms with Gasteiger partial charge in [-0.2, -0.15) is 0 Å². The van der Waals surface area contributed by atoms with Crippen LogP contribution in [0.5, 0.6) is 34.5 Å². The predicted molar refractivity (Wildman–Crippen MR) is 113 cm³/mol. The summed E-state index contributed by atoms with van der Waals surface area (Å²) in [5.41, 5.74) is 1.88. The SMILES string of the molecule is COc1cc2c(O)c3c(c(-c4cc(OC)c(OC)c(OC)c4)c2cc1OC)C(=O)OC3. The Labute approximate surface area is 178 Å². The topological polar surface area (TPSA) is 92.7 Å². The van der Waals surface area contributed by atoms with E-state index in [-0.39, 0.29) is 17.9 Å². The van der Waals surface area contributed by atoms with Crippen LogP contribution in [0.15, 0.2) is 24.3 Å². The third kappa shape index (κ3) is 3.02. The lowest BCUT2D eigenvalue weighted by molar-refractivity contribution is 0.0535. The molecule has 1 aliphatic rings. The van der Waals surface area contributed by atoms with Gasteiger partial charge in [0.15, 0.2) is 23.0 Å². The summed E-state index contributed by atoms with van der Waals surface area (Å²) >= 11 is 0. The van der Waals surface area contributed by atoms with E-state index in [9.17, 15) is 9.90 Å². The Bertz CT molecular complexity index is 1170. The van der Waals surface area contributed by atoms with Gasteiger partial charge in [-0.05, 0) is 35.2 Å². The van der Waals surface area contributed by atoms with Crippen molar-refractivity contribution < 1.29 is 38.3 Å². The summed E-state index contributed by atoms with van der Waals surface area (Å²) < 4.78 is 32.5. The summed E-state index contributed by atoms with van der Waals surface area (Å²) in [6.07, 6.45) is 0. The van der Waals surface area contributed by atoms with Crippen LogP contribution >= 0.6 is 0 Å². The lowest BCUT2D eigenvalue weighted by Gasteiger charge is -2.18. The number of esters is 1. The molecule has 8 heteroatoms. The van der Waals surface area contributed by atoms with E-state index in [1.54, 1.807) is 24.3 Å². The Hall–Kier alpha value is -3.81. The number of hydrogen-bond donors (Lipinski definition) is 1. The van der Waals surface area contributed by atoms with E-state index >= 15 is 0 Å². The summed E-state index contributed by atoms with van der Waals surface area (Å²) in [7, 11) is 7.58. The predicted octanol–water partition coefficient (Wildman–Crippen LogP) is 3.93. The van der Waals surface area contributed by atoms with Gasteiger partial charge in [-0.1, -0.05) is 0 Å². The molecular weight excluding hydrogens is 404 g/mol. The molecule has 3 aromatic rings. The molecule has 0 aliphatic carbocycles. The van der Waals surface area contributed by atoms with Gasteiger partial charge in [-0.15, -0.1) is 0 Å². The van der Waals surface area contributed by atoms with Crippen LogP contribution in [-0.2, 0) is 11.3 Å². The molecule has 0 radical (unpaired) electrons. The molecule has 0 saturated heterocycles. The number of hydrogen-bond acceptors (Lipinski definition) is 8. The van der Waals surface area contributed by atoms with Gasteiger partial charge in [0.05, 0.1) is 41.1 Å². The van der Waals surface area contributed by atoms with Gasteiger partial charge < -0.3 is 33.5 Å². The van der Waals surface area contributed by atoms with E-state index in [0.717, 1.165) is 0 Å². The van der Waals surface area contributed by atoms with E-state index < -0.39 is 5.97 Å². The highest BCUT2D eigenvalue weighted by molar-refractivity contribution is 6.14. The highest BCUT2D eigenvalue weighted by Crippen LogP contribution is 2.49. The summed E-state index contributed by atoms with van der Waals surface area (Å²) in [6, 6.07) is 6.89. The molecule has 8 nitrogen and oxygen atoms in total. The fourth-order valence-corrected chi connectivity index (χ4v) is 3.95. The molecule has 0 saturated carbocycles. The molecule has 0 fully saturated rings. The number of phenols is 1. The second kappa shape index (κ2) is 7.79. The van der Waals surface area contributed by atoms with Crippen molar-refractivity contribution in [2.75, 3.05) is 35.5 Å². The molecule has 0 unspecified atom stereocenters. The van der Waals surface area contributed by atoms with Gasteiger partial charge in [-0.3, -0.25) is 0 Å². The van der Waals surface area contributed by atoms with Crippen LogP contribution in [-0.4, -0.2) is 46.6 Å². The van der Waals surface area contributed by atoms with Gasteiger partial charge in [0.25, 0.3) is 0 Å². The molecule has 162 valence electrons. The highest BCUT2D eigenvalue weighted by Gasteiger charge is 2.32. The first-order valence-electron chi connectivity index (χ1n) is 9.40. The standard InChI is InChI=1S/C23H22O8/c1-26-15-8-12-13(9-16(15)27-2)21(24)14-10-31-23(25)20(14)19(12)11-6-17(28-3)22(30-5)18(7-11)29-4/h6-9,24H,10H2,1-5H3. The maximum Gasteiger partial charge on any atom is 0.339 e. The fraction of sp³-hybridized carbons (Fsp3) is 0.261. The number of aromatic hydroxyl groups is 1. The first-order chi connectivity index (χ1) is 15.0. The van der Waals surface area contributed by atoms with Crippen molar-refractivity contribution >= 4 is 16.7 Å². The zero-order chi connectivity index (χ0) is 22.3. The van der Waals surface area contributed by atoms with Gasteiger partial charge in [0.1, 0.15) is 12.4 Å².